The van der Waals surface area contributed by atoms with Crippen LogP contribution in [0.3, 0.4) is 0 Å². The molecule has 0 aliphatic rings. The third-order valence-electron chi connectivity index (χ3n) is 4.16. The molecule has 0 aromatic heterocycles. The maximum Gasteiger partial charge on any atom is 0.267 e. The third kappa shape index (κ3) is 5.78. The molecule has 0 aliphatic heterocycles. The molecule has 2 N–H and O–H groups in total. The normalized spacial score (nSPS) is 10.7. The summed E-state index contributed by atoms with van der Waals surface area (Å²) in [5.74, 6) is 0.668. The molecule has 2 aromatic carbocycles. The van der Waals surface area contributed by atoms with Crippen LogP contribution in [0.4, 0.5) is 11.4 Å². The zero-order chi connectivity index (χ0) is 20.4. The summed E-state index contributed by atoms with van der Waals surface area (Å²) in [5, 5.41) is 15.0. The van der Waals surface area contributed by atoms with Crippen LogP contribution in [0.15, 0.2) is 54.2 Å². The van der Waals surface area contributed by atoms with Crippen LogP contribution in [-0.4, -0.2) is 20.1 Å². The average Bonchev–Trinajstić information content (AvgIpc) is 2.73. The van der Waals surface area contributed by atoms with E-state index < -0.39 is 5.91 Å². The first-order valence-electron chi connectivity index (χ1n) is 9.10. The van der Waals surface area contributed by atoms with E-state index in [1.165, 1.54) is 11.8 Å². The van der Waals surface area contributed by atoms with E-state index in [-0.39, 0.29) is 5.57 Å². The predicted octanol–water partition coefficient (Wildman–Crippen LogP) is 4.50. The first kappa shape index (κ1) is 20.8. The lowest BCUT2D eigenvalue weighted by Crippen LogP contribution is -2.14. The monoisotopic (exact) mass is 379 g/mol. The molecule has 0 spiro atoms. The summed E-state index contributed by atoms with van der Waals surface area (Å²) in [4.78, 5) is 12.4. The largest absolute Gasteiger partial charge is 0.493 e. The van der Waals surface area contributed by atoms with Gasteiger partial charge >= 0.3 is 0 Å². The van der Waals surface area contributed by atoms with Crippen LogP contribution in [0.1, 0.15) is 25.3 Å². The molecule has 0 atom stereocenters. The van der Waals surface area contributed by atoms with Crippen LogP contribution < -0.4 is 20.1 Å². The molecule has 1 amide bonds. The summed E-state index contributed by atoms with van der Waals surface area (Å²) in [6, 6.07) is 14.8. The van der Waals surface area contributed by atoms with Gasteiger partial charge in [0.1, 0.15) is 11.6 Å². The zero-order valence-corrected chi connectivity index (χ0v) is 16.4. The number of anilines is 2. The quantitative estimate of drug-likeness (QED) is 0.495. The second-order valence-electron chi connectivity index (χ2n) is 6.14. The number of amides is 1. The summed E-state index contributed by atoms with van der Waals surface area (Å²) in [5.41, 5.74) is 2.51. The number of nitriles is 1. The number of nitrogens with one attached hydrogen (secondary N) is 2. The molecule has 0 radical (unpaired) electrons. The smallest absolute Gasteiger partial charge is 0.267 e. The van der Waals surface area contributed by atoms with Gasteiger partial charge in [0.25, 0.3) is 5.91 Å². The van der Waals surface area contributed by atoms with Crippen molar-refractivity contribution < 1.29 is 14.3 Å². The van der Waals surface area contributed by atoms with Gasteiger partial charge in [0.2, 0.25) is 0 Å². The second kappa shape index (κ2) is 10.6. The van der Waals surface area contributed by atoms with Gasteiger partial charge < -0.3 is 20.1 Å². The summed E-state index contributed by atoms with van der Waals surface area (Å²) < 4.78 is 10.4. The average molecular weight is 379 g/mol. The van der Waals surface area contributed by atoms with Gasteiger partial charge in [0, 0.05) is 23.6 Å². The Balaban J connectivity index is 2.03. The molecule has 6 heteroatoms. The highest BCUT2D eigenvalue weighted by molar-refractivity contribution is 6.06. The number of ether oxygens (including phenoxy) is 2. The molecule has 0 saturated heterocycles. The summed E-state index contributed by atoms with van der Waals surface area (Å²) in [6.45, 7) is 2.15. The number of carbonyl (C=O) groups excluding carboxylic acids is 1. The van der Waals surface area contributed by atoms with Crippen molar-refractivity contribution in [2.24, 2.45) is 0 Å². The molecule has 2 rings (SSSR count). The summed E-state index contributed by atoms with van der Waals surface area (Å²) in [6.07, 6.45) is 4.66. The Kier molecular flexibility index (Phi) is 7.92. The first-order chi connectivity index (χ1) is 13.6. The van der Waals surface area contributed by atoms with Crippen molar-refractivity contribution in [3.05, 3.63) is 59.8 Å². The highest BCUT2D eigenvalue weighted by Gasteiger charge is 2.10. The maximum absolute atomic E-state index is 12.4. The Morgan fingerprint density at radius 2 is 1.75 bits per heavy atom. The molecular formula is C22H25N3O3. The first-order valence-corrected chi connectivity index (χ1v) is 9.10. The fourth-order valence-electron chi connectivity index (χ4n) is 2.56. The van der Waals surface area contributed by atoms with Crippen molar-refractivity contribution >= 4 is 17.3 Å². The highest BCUT2D eigenvalue weighted by Crippen LogP contribution is 2.29. The van der Waals surface area contributed by atoms with Crippen molar-refractivity contribution in [3.63, 3.8) is 0 Å². The number of hydrogen-bond donors (Lipinski definition) is 2. The number of aryl methyl sites for hydroxylation is 1. The molecule has 0 aliphatic carbocycles. The van der Waals surface area contributed by atoms with Gasteiger partial charge in [-0.05, 0) is 42.7 Å². The number of hydrogen-bond acceptors (Lipinski definition) is 5. The van der Waals surface area contributed by atoms with Crippen molar-refractivity contribution in [2.75, 3.05) is 24.9 Å². The van der Waals surface area contributed by atoms with Crippen molar-refractivity contribution in [1.29, 1.82) is 5.26 Å². The molecule has 0 fully saturated rings. The molecule has 146 valence electrons. The van der Waals surface area contributed by atoms with E-state index in [1.807, 2.05) is 30.3 Å². The van der Waals surface area contributed by atoms with Gasteiger partial charge in [0.15, 0.2) is 11.5 Å². The summed E-state index contributed by atoms with van der Waals surface area (Å²) in [7, 11) is 3.10. The number of nitrogens with zero attached hydrogens (tertiary/aromatic N) is 1. The molecule has 0 heterocycles. The van der Waals surface area contributed by atoms with Gasteiger partial charge in [-0.25, -0.2) is 0 Å². The number of benzene rings is 2. The van der Waals surface area contributed by atoms with Crippen LogP contribution in [0.5, 0.6) is 11.5 Å². The summed E-state index contributed by atoms with van der Waals surface area (Å²) >= 11 is 0. The predicted molar refractivity (Wildman–Crippen MR) is 111 cm³/mol. The van der Waals surface area contributed by atoms with E-state index in [0.29, 0.717) is 22.9 Å². The van der Waals surface area contributed by atoms with Crippen molar-refractivity contribution in [2.45, 2.75) is 26.2 Å². The number of carbonyl (C=O) groups is 1. The van der Waals surface area contributed by atoms with Crippen LogP contribution in [0.25, 0.3) is 0 Å². The minimum Gasteiger partial charge on any atom is -0.493 e. The molecule has 0 unspecified atom stereocenters. The fourth-order valence-corrected chi connectivity index (χ4v) is 2.56. The van der Waals surface area contributed by atoms with Gasteiger partial charge in [-0.2, -0.15) is 5.26 Å². The Morgan fingerprint density at radius 1 is 1.07 bits per heavy atom. The van der Waals surface area contributed by atoms with Crippen LogP contribution in [0.2, 0.25) is 0 Å². The third-order valence-corrected chi connectivity index (χ3v) is 4.16. The number of rotatable bonds is 9. The van der Waals surface area contributed by atoms with E-state index in [1.54, 1.807) is 32.4 Å². The highest BCUT2D eigenvalue weighted by atomic mass is 16.5. The van der Waals surface area contributed by atoms with Gasteiger partial charge in [0.05, 0.1) is 14.2 Å². The molecule has 2 aromatic rings. The van der Waals surface area contributed by atoms with E-state index in [0.717, 1.165) is 19.3 Å². The standard InChI is InChI=1S/C22H25N3O3/c1-4-5-6-16-7-9-18(10-8-16)25-22(26)17(14-23)15-24-19-11-12-20(27-2)21(13-19)28-3/h7-13,15,24H,4-6H2,1-3H3,(H,25,26)/b17-15-. The fraction of sp³-hybridized carbons (Fsp3) is 0.273. The van der Waals surface area contributed by atoms with Crippen molar-refractivity contribution in [3.8, 4) is 17.6 Å². The zero-order valence-electron chi connectivity index (χ0n) is 16.4. The van der Waals surface area contributed by atoms with Gasteiger partial charge in [-0.3, -0.25) is 4.79 Å². The lowest BCUT2D eigenvalue weighted by Gasteiger charge is -2.10. The molecule has 6 nitrogen and oxygen atoms in total. The number of unbranched alkanes of at least 4 members (excludes halogenated alkanes) is 1. The van der Waals surface area contributed by atoms with E-state index in [9.17, 15) is 10.1 Å². The minimum absolute atomic E-state index is 0.0372. The molecule has 0 saturated carbocycles. The molecule has 0 bridgehead atoms. The van der Waals surface area contributed by atoms with E-state index in [2.05, 4.69) is 17.6 Å². The lowest BCUT2D eigenvalue weighted by atomic mass is 10.1. The van der Waals surface area contributed by atoms with Crippen LogP contribution >= 0.6 is 0 Å². The Labute approximate surface area is 165 Å². The molecular weight excluding hydrogens is 354 g/mol. The van der Waals surface area contributed by atoms with E-state index in [4.69, 9.17) is 9.47 Å². The van der Waals surface area contributed by atoms with Gasteiger partial charge in [-0.15, -0.1) is 0 Å². The minimum atomic E-state index is -0.475. The Hall–Kier alpha value is -3.46. The SMILES string of the molecule is CCCCc1ccc(NC(=O)/C(C#N)=C\Nc2ccc(OC)c(OC)c2)cc1. The second-order valence-corrected chi connectivity index (χ2v) is 6.14. The topological polar surface area (TPSA) is 83.4 Å². The van der Waals surface area contributed by atoms with Crippen LogP contribution in [-0.2, 0) is 11.2 Å². The van der Waals surface area contributed by atoms with Gasteiger partial charge in [-0.1, -0.05) is 25.5 Å². The maximum atomic E-state index is 12.4. The number of methoxy groups -OCH3 is 2. The Morgan fingerprint density at radius 3 is 2.36 bits per heavy atom. The molecule has 28 heavy (non-hydrogen) atoms. The van der Waals surface area contributed by atoms with Crippen LogP contribution in [0, 0.1) is 11.3 Å². The Bertz CT molecular complexity index is 868. The van der Waals surface area contributed by atoms with Crippen molar-refractivity contribution in [1.82, 2.24) is 0 Å². The van der Waals surface area contributed by atoms with E-state index >= 15 is 0 Å². The lowest BCUT2D eigenvalue weighted by molar-refractivity contribution is -0.112.